The molecule has 108 valence electrons. The van der Waals surface area contributed by atoms with Crippen molar-refractivity contribution in [2.45, 2.75) is 48.5 Å². The molecule has 1 aliphatic carbocycles. The number of thioether (sulfide) groups is 1. The van der Waals surface area contributed by atoms with Gasteiger partial charge in [0.1, 0.15) is 0 Å². The molecule has 0 saturated heterocycles. The van der Waals surface area contributed by atoms with Gasteiger partial charge in [-0.25, -0.2) is 0 Å². The topological polar surface area (TPSA) is 29.1 Å². The van der Waals surface area contributed by atoms with Gasteiger partial charge in [0.15, 0.2) is 0 Å². The summed E-state index contributed by atoms with van der Waals surface area (Å²) in [5, 5.41) is 4.23. The van der Waals surface area contributed by atoms with Gasteiger partial charge >= 0.3 is 0 Å². The Hall–Kier alpha value is -0.480. The first-order valence-corrected chi connectivity index (χ1v) is 9.44. The van der Waals surface area contributed by atoms with Crippen LogP contribution in [0.3, 0.4) is 0 Å². The minimum absolute atomic E-state index is 0.0163. The van der Waals surface area contributed by atoms with Gasteiger partial charge in [0.25, 0.3) is 0 Å². The van der Waals surface area contributed by atoms with Crippen molar-refractivity contribution in [1.82, 2.24) is 5.32 Å². The molecule has 0 radical (unpaired) electrons. The lowest BCUT2D eigenvalue weighted by Gasteiger charge is -2.37. The second kappa shape index (κ2) is 6.10. The van der Waals surface area contributed by atoms with E-state index in [4.69, 9.17) is 0 Å². The van der Waals surface area contributed by atoms with Gasteiger partial charge in [-0.1, -0.05) is 53.4 Å². The molecule has 0 aromatic heterocycles. The molecule has 1 unspecified atom stereocenters. The summed E-state index contributed by atoms with van der Waals surface area (Å²) in [5.41, 5.74) is 1.19. The van der Waals surface area contributed by atoms with Crippen molar-refractivity contribution in [2.75, 3.05) is 11.1 Å². The zero-order valence-electron chi connectivity index (χ0n) is 11.5. The zero-order chi connectivity index (χ0) is 14.0. The van der Waals surface area contributed by atoms with E-state index >= 15 is 0 Å². The van der Waals surface area contributed by atoms with Crippen LogP contribution in [0, 0.1) is 0 Å². The number of fused-ring (bicyclic) bond motifs is 1. The van der Waals surface area contributed by atoms with Crippen LogP contribution in [-0.4, -0.2) is 22.5 Å². The predicted molar refractivity (Wildman–Crippen MR) is 87.7 cm³/mol. The van der Waals surface area contributed by atoms with Gasteiger partial charge in [0, 0.05) is 21.5 Å². The normalized spacial score (nSPS) is 24.1. The Balaban J connectivity index is 1.74. The number of benzene rings is 1. The Morgan fingerprint density at radius 3 is 2.80 bits per heavy atom. The molecular formula is C16H20BrNOS. The fraction of sp³-hybridized carbons (Fsp3) is 0.562. The first-order valence-electron chi connectivity index (χ1n) is 7.34. The molecule has 1 saturated carbocycles. The summed E-state index contributed by atoms with van der Waals surface area (Å²) in [7, 11) is 0. The zero-order valence-corrected chi connectivity index (χ0v) is 13.9. The third-order valence-corrected chi connectivity index (χ3v) is 6.73. The molecule has 1 aromatic rings. The number of rotatable bonds is 3. The lowest BCUT2D eigenvalue weighted by atomic mass is 9.82. The highest BCUT2D eigenvalue weighted by atomic mass is 79.9. The number of nitrogens with one attached hydrogen (secondary N) is 1. The quantitative estimate of drug-likeness (QED) is 0.829. The van der Waals surface area contributed by atoms with Gasteiger partial charge in [-0.3, -0.25) is 4.79 Å². The molecule has 1 amide bonds. The van der Waals surface area contributed by atoms with Crippen molar-refractivity contribution in [2.24, 2.45) is 0 Å². The van der Waals surface area contributed by atoms with Crippen molar-refractivity contribution in [3.8, 4) is 0 Å². The molecule has 20 heavy (non-hydrogen) atoms. The average molecular weight is 354 g/mol. The van der Waals surface area contributed by atoms with Crippen molar-refractivity contribution in [3.05, 3.63) is 29.8 Å². The molecule has 0 bridgehead atoms. The van der Waals surface area contributed by atoms with Gasteiger partial charge in [-0.2, -0.15) is 0 Å². The Kier molecular flexibility index (Phi) is 4.41. The fourth-order valence-electron chi connectivity index (χ4n) is 3.25. The lowest BCUT2D eigenvalue weighted by Crippen LogP contribution is -2.52. The van der Waals surface area contributed by atoms with Crippen LogP contribution in [0.25, 0.3) is 0 Å². The van der Waals surface area contributed by atoms with Crippen LogP contribution in [0.2, 0.25) is 0 Å². The highest BCUT2D eigenvalue weighted by Crippen LogP contribution is 2.40. The highest BCUT2D eigenvalue weighted by Gasteiger charge is 2.36. The number of hydrogen-bond acceptors (Lipinski definition) is 2. The van der Waals surface area contributed by atoms with E-state index in [9.17, 15) is 4.79 Å². The van der Waals surface area contributed by atoms with Crippen LogP contribution >= 0.6 is 27.7 Å². The van der Waals surface area contributed by atoms with E-state index < -0.39 is 0 Å². The maximum atomic E-state index is 12.7. The Labute approximate surface area is 133 Å². The first kappa shape index (κ1) is 14.5. The molecule has 1 atom stereocenters. The minimum Gasteiger partial charge on any atom is -0.349 e. The van der Waals surface area contributed by atoms with E-state index in [0.29, 0.717) is 0 Å². The van der Waals surface area contributed by atoms with Crippen molar-refractivity contribution < 1.29 is 4.79 Å². The third-order valence-electron chi connectivity index (χ3n) is 4.47. The summed E-state index contributed by atoms with van der Waals surface area (Å²) in [6.07, 6.45) is 5.95. The molecule has 1 aliphatic heterocycles. The number of carbonyl (C=O) groups excluding carboxylic acids is 1. The lowest BCUT2D eigenvalue weighted by molar-refractivity contribution is -0.124. The van der Waals surface area contributed by atoms with Gasteiger partial charge < -0.3 is 5.32 Å². The SMILES string of the molecule is O=C(NC1(CBr)CCCCC1)C1CSc2ccccc21. The number of hydrogen-bond donors (Lipinski definition) is 1. The highest BCUT2D eigenvalue weighted by molar-refractivity contribution is 9.09. The summed E-state index contributed by atoms with van der Waals surface area (Å²) in [6.45, 7) is 0. The Morgan fingerprint density at radius 2 is 2.05 bits per heavy atom. The van der Waals surface area contributed by atoms with E-state index in [2.05, 4.69) is 33.4 Å². The molecule has 1 heterocycles. The van der Waals surface area contributed by atoms with Crippen LogP contribution in [0.1, 0.15) is 43.6 Å². The number of halogens is 1. The first-order chi connectivity index (χ1) is 9.74. The second-order valence-corrected chi connectivity index (χ2v) is 7.49. The van der Waals surface area contributed by atoms with E-state index in [1.165, 1.54) is 29.7 Å². The van der Waals surface area contributed by atoms with Crippen molar-refractivity contribution >= 4 is 33.6 Å². The van der Waals surface area contributed by atoms with E-state index in [1.54, 1.807) is 11.8 Å². The molecule has 1 aromatic carbocycles. The fourth-order valence-corrected chi connectivity index (χ4v) is 5.18. The standard InChI is InChI=1S/C16H20BrNOS/c17-11-16(8-4-1-5-9-16)18-15(19)13-10-20-14-7-3-2-6-12(13)14/h2-3,6-7,13H,1,4-5,8-11H2,(H,18,19). The van der Waals surface area contributed by atoms with Crippen LogP contribution in [0.5, 0.6) is 0 Å². The second-order valence-electron chi connectivity index (χ2n) is 5.87. The van der Waals surface area contributed by atoms with Gasteiger partial charge in [0.05, 0.1) is 5.92 Å². The molecule has 2 nitrogen and oxygen atoms in total. The van der Waals surface area contributed by atoms with E-state index in [0.717, 1.165) is 23.9 Å². The molecule has 0 spiro atoms. The maximum Gasteiger partial charge on any atom is 0.228 e. The Bertz CT molecular complexity index is 499. The van der Waals surface area contributed by atoms with Crippen LogP contribution in [0.15, 0.2) is 29.2 Å². The molecule has 1 N–H and O–H groups in total. The summed E-state index contributed by atoms with van der Waals surface area (Å²) >= 11 is 5.42. The Morgan fingerprint density at radius 1 is 1.30 bits per heavy atom. The van der Waals surface area contributed by atoms with E-state index in [1.807, 2.05) is 12.1 Å². The smallest absolute Gasteiger partial charge is 0.228 e. The summed E-state index contributed by atoms with van der Waals surface area (Å²) in [6, 6.07) is 8.30. The van der Waals surface area contributed by atoms with Crippen LogP contribution in [-0.2, 0) is 4.79 Å². The largest absolute Gasteiger partial charge is 0.349 e. The average Bonchev–Trinajstić information content (AvgIpc) is 2.92. The summed E-state index contributed by atoms with van der Waals surface area (Å²) < 4.78 is 0. The van der Waals surface area contributed by atoms with Crippen molar-refractivity contribution in [3.63, 3.8) is 0 Å². The van der Waals surface area contributed by atoms with Gasteiger partial charge in [0.2, 0.25) is 5.91 Å². The summed E-state index contributed by atoms with van der Waals surface area (Å²) in [5.74, 6) is 1.11. The maximum absolute atomic E-state index is 12.7. The summed E-state index contributed by atoms with van der Waals surface area (Å²) in [4.78, 5) is 14.0. The number of carbonyl (C=O) groups is 1. The van der Waals surface area contributed by atoms with E-state index in [-0.39, 0.29) is 17.4 Å². The third kappa shape index (κ3) is 2.77. The van der Waals surface area contributed by atoms with Crippen LogP contribution in [0.4, 0.5) is 0 Å². The van der Waals surface area contributed by atoms with Gasteiger partial charge in [-0.15, -0.1) is 11.8 Å². The molecule has 4 heteroatoms. The number of alkyl halides is 1. The molecule has 2 aliphatic rings. The number of amides is 1. The molecular weight excluding hydrogens is 334 g/mol. The van der Waals surface area contributed by atoms with Crippen LogP contribution < -0.4 is 5.32 Å². The van der Waals surface area contributed by atoms with Gasteiger partial charge in [-0.05, 0) is 24.5 Å². The molecule has 3 rings (SSSR count). The minimum atomic E-state index is -0.0163. The van der Waals surface area contributed by atoms with Crippen molar-refractivity contribution in [1.29, 1.82) is 0 Å². The molecule has 1 fully saturated rings. The predicted octanol–water partition coefficient (Wildman–Crippen LogP) is 4.09. The monoisotopic (exact) mass is 353 g/mol.